The second kappa shape index (κ2) is 7.48. The standard InChI is InChI=1S/C16H22ClN3O/c1-4-14-16(17)15(20(2)19-14)11-18-9-8-12-6-5-7-13(10-12)21-3/h5-7,10,18H,4,8-9,11H2,1-3H3. The predicted molar refractivity (Wildman–Crippen MR) is 86.0 cm³/mol. The topological polar surface area (TPSA) is 39.1 Å². The molecule has 0 amide bonds. The van der Waals surface area contributed by atoms with E-state index in [1.54, 1.807) is 7.11 Å². The van der Waals surface area contributed by atoms with Crippen LogP contribution in [-0.2, 0) is 26.4 Å². The lowest BCUT2D eigenvalue weighted by molar-refractivity contribution is 0.414. The SMILES string of the molecule is CCc1nn(C)c(CNCCc2cccc(OC)c2)c1Cl. The number of ether oxygens (including phenoxy) is 1. The van der Waals surface area contributed by atoms with Crippen molar-refractivity contribution < 1.29 is 4.74 Å². The second-order valence-corrected chi connectivity index (χ2v) is 5.34. The molecule has 0 unspecified atom stereocenters. The number of aromatic nitrogens is 2. The molecule has 1 aromatic carbocycles. The predicted octanol–water partition coefficient (Wildman–Crippen LogP) is 2.98. The van der Waals surface area contributed by atoms with E-state index in [1.807, 2.05) is 23.9 Å². The first-order chi connectivity index (χ1) is 10.2. The summed E-state index contributed by atoms with van der Waals surface area (Å²) in [5.74, 6) is 0.898. The number of aryl methyl sites for hydroxylation is 2. The molecule has 2 aromatic rings. The number of hydrogen-bond donors (Lipinski definition) is 1. The first kappa shape index (κ1) is 15.9. The van der Waals surface area contributed by atoms with E-state index < -0.39 is 0 Å². The summed E-state index contributed by atoms with van der Waals surface area (Å²) in [7, 11) is 3.62. The minimum atomic E-state index is 0.728. The van der Waals surface area contributed by atoms with Gasteiger partial charge in [-0.3, -0.25) is 4.68 Å². The molecule has 0 aliphatic carbocycles. The summed E-state index contributed by atoms with van der Waals surface area (Å²) in [5.41, 5.74) is 3.26. The highest BCUT2D eigenvalue weighted by Gasteiger charge is 2.11. The second-order valence-electron chi connectivity index (χ2n) is 4.96. The summed E-state index contributed by atoms with van der Waals surface area (Å²) in [4.78, 5) is 0. The molecule has 0 aliphatic rings. The van der Waals surface area contributed by atoms with Gasteiger partial charge in [-0.05, 0) is 37.1 Å². The van der Waals surface area contributed by atoms with E-state index in [2.05, 4.69) is 29.5 Å². The van der Waals surface area contributed by atoms with Crippen molar-refractivity contribution in [3.8, 4) is 5.75 Å². The molecular formula is C16H22ClN3O. The van der Waals surface area contributed by atoms with Gasteiger partial charge in [-0.15, -0.1) is 0 Å². The molecule has 1 heterocycles. The first-order valence-corrected chi connectivity index (χ1v) is 7.57. The van der Waals surface area contributed by atoms with Crippen LogP contribution in [0.25, 0.3) is 0 Å². The van der Waals surface area contributed by atoms with Crippen LogP contribution in [0.2, 0.25) is 5.02 Å². The Labute approximate surface area is 131 Å². The van der Waals surface area contributed by atoms with Crippen molar-refractivity contribution in [3.63, 3.8) is 0 Å². The van der Waals surface area contributed by atoms with E-state index in [1.165, 1.54) is 5.56 Å². The Morgan fingerprint density at radius 2 is 2.19 bits per heavy atom. The molecule has 5 heteroatoms. The van der Waals surface area contributed by atoms with Gasteiger partial charge in [0.05, 0.1) is 23.5 Å². The summed E-state index contributed by atoms with van der Waals surface area (Å²) in [5, 5.41) is 8.62. The minimum Gasteiger partial charge on any atom is -0.497 e. The van der Waals surface area contributed by atoms with Crippen molar-refractivity contribution in [2.24, 2.45) is 7.05 Å². The molecule has 0 saturated carbocycles. The van der Waals surface area contributed by atoms with E-state index in [0.717, 1.165) is 48.1 Å². The molecule has 0 radical (unpaired) electrons. The normalized spacial score (nSPS) is 10.9. The zero-order chi connectivity index (χ0) is 15.2. The van der Waals surface area contributed by atoms with Crippen molar-refractivity contribution in [2.45, 2.75) is 26.3 Å². The van der Waals surface area contributed by atoms with Crippen molar-refractivity contribution in [1.29, 1.82) is 0 Å². The summed E-state index contributed by atoms with van der Waals surface area (Å²) in [6.45, 7) is 3.68. The average molecular weight is 308 g/mol. The molecule has 1 N–H and O–H groups in total. The highest BCUT2D eigenvalue weighted by atomic mass is 35.5. The molecule has 114 valence electrons. The lowest BCUT2D eigenvalue weighted by atomic mass is 10.1. The fourth-order valence-electron chi connectivity index (χ4n) is 2.28. The maximum Gasteiger partial charge on any atom is 0.119 e. The van der Waals surface area contributed by atoms with Crippen LogP contribution in [0.1, 0.15) is 23.9 Å². The first-order valence-electron chi connectivity index (χ1n) is 7.19. The monoisotopic (exact) mass is 307 g/mol. The molecule has 0 bridgehead atoms. The highest BCUT2D eigenvalue weighted by molar-refractivity contribution is 6.31. The van der Waals surface area contributed by atoms with E-state index in [9.17, 15) is 0 Å². The third-order valence-electron chi connectivity index (χ3n) is 3.52. The number of nitrogens with zero attached hydrogens (tertiary/aromatic N) is 2. The Balaban J connectivity index is 1.86. The average Bonchev–Trinajstić information content (AvgIpc) is 2.78. The van der Waals surface area contributed by atoms with E-state index in [0.29, 0.717) is 0 Å². The third-order valence-corrected chi connectivity index (χ3v) is 3.96. The van der Waals surface area contributed by atoms with Crippen LogP contribution in [0.4, 0.5) is 0 Å². The van der Waals surface area contributed by atoms with Gasteiger partial charge >= 0.3 is 0 Å². The number of hydrogen-bond acceptors (Lipinski definition) is 3. The largest absolute Gasteiger partial charge is 0.497 e. The lowest BCUT2D eigenvalue weighted by Crippen LogP contribution is -2.18. The summed E-state index contributed by atoms with van der Waals surface area (Å²) >= 11 is 6.33. The van der Waals surface area contributed by atoms with Crippen LogP contribution >= 0.6 is 11.6 Å². The van der Waals surface area contributed by atoms with Gasteiger partial charge < -0.3 is 10.1 Å². The smallest absolute Gasteiger partial charge is 0.119 e. The van der Waals surface area contributed by atoms with Gasteiger partial charge in [-0.1, -0.05) is 30.7 Å². The zero-order valence-corrected chi connectivity index (χ0v) is 13.6. The van der Waals surface area contributed by atoms with Gasteiger partial charge in [0.1, 0.15) is 5.75 Å². The van der Waals surface area contributed by atoms with Gasteiger partial charge in [0.15, 0.2) is 0 Å². The van der Waals surface area contributed by atoms with Crippen molar-refractivity contribution in [1.82, 2.24) is 15.1 Å². The fraction of sp³-hybridized carbons (Fsp3) is 0.438. The van der Waals surface area contributed by atoms with E-state index in [-0.39, 0.29) is 0 Å². The van der Waals surface area contributed by atoms with Crippen LogP contribution in [0.15, 0.2) is 24.3 Å². The molecule has 1 aromatic heterocycles. The fourth-order valence-corrected chi connectivity index (χ4v) is 2.64. The Morgan fingerprint density at radius 1 is 1.38 bits per heavy atom. The van der Waals surface area contributed by atoms with Gasteiger partial charge in [0.25, 0.3) is 0 Å². The molecule has 0 fully saturated rings. The molecule has 21 heavy (non-hydrogen) atoms. The molecular weight excluding hydrogens is 286 g/mol. The number of methoxy groups -OCH3 is 1. The summed E-state index contributed by atoms with van der Waals surface area (Å²) < 4.78 is 7.09. The number of halogens is 1. The van der Waals surface area contributed by atoms with Gasteiger partial charge in [-0.2, -0.15) is 5.10 Å². The molecule has 0 aliphatic heterocycles. The van der Waals surface area contributed by atoms with Gasteiger partial charge in [0, 0.05) is 13.6 Å². The summed E-state index contributed by atoms with van der Waals surface area (Å²) in [6.07, 6.45) is 1.81. The Hall–Kier alpha value is -1.52. The molecule has 4 nitrogen and oxygen atoms in total. The Morgan fingerprint density at radius 3 is 2.86 bits per heavy atom. The Kier molecular flexibility index (Phi) is 5.65. The third kappa shape index (κ3) is 3.99. The number of nitrogens with one attached hydrogen (secondary N) is 1. The van der Waals surface area contributed by atoms with Crippen LogP contribution in [0.3, 0.4) is 0 Å². The number of rotatable bonds is 7. The van der Waals surface area contributed by atoms with Gasteiger partial charge in [0.2, 0.25) is 0 Å². The zero-order valence-electron chi connectivity index (χ0n) is 12.8. The van der Waals surface area contributed by atoms with Crippen LogP contribution in [0.5, 0.6) is 5.75 Å². The maximum atomic E-state index is 6.33. The highest BCUT2D eigenvalue weighted by Crippen LogP contribution is 2.20. The van der Waals surface area contributed by atoms with Crippen LogP contribution < -0.4 is 10.1 Å². The van der Waals surface area contributed by atoms with Crippen molar-refractivity contribution in [3.05, 3.63) is 46.2 Å². The van der Waals surface area contributed by atoms with Crippen LogP contribution in [-0.4, -0.2) is 23.4 Å². The molecule has 2 rings (SSSR count). The number of benzene rings is 1. The quantitative estimate of drug-likeness (QED) is 0.799. The molecule has 0 saturated heterocycles. The van der Waals surface area contributed by atoms with E-state index in [4.69, 9.17) is 16.3 Å². The maximum absolute atomic E-state index is 6.33. The van der Waals surface area contributed by atoms with E-state index >= 15 is 0 Å². The van der Waals surface area contributed by atoms with Crippen LogP contribution in [0, 0.1) is 0 Å². The Bertz CT molecular complexity index is 595. The summed E-state index contributed by atoms with van der Waals surface area (Å²) in [6, 6.07) is 8.14. The van der Waals surface area contributed by atoms with Crippen molar-refractivity contribution in [2.75, 3.05) is 13.7 Å². The minimum absolute atomic E-state index is 0.728. The van der Waals surface area contributed by atoms with Crippen molar-refractivity contribution >= 4 is 11.6 Å². The molecule has 0 spiro atoms. The van der Waals surface area contributed by atoms with Gasteiger partial charge in [-0.25, -0.2) is 0 Å². The lowest BCUT2D eigenvalue weighted by Gasteiger charge is -2.07. The molecule has 0 atom stereocenters.